The lowest BCUT2D eigenvalue weighted by Gasteiger charge is -2.22. The van der Waals surface area contributed by atoms with Crippen molar-refractivity contribution < 1.29 is 18.3 Å². The highest BCUT2D eigenvalue weighted by atomic mass is 32.2. The van der Waals surface area contributed by atoms with Gasteiger partial charge in [-0.15, -0.1) is 0 Å². The molecule has 0 amide bonds. The lowest BCUT2D eigenvalue weighted by molar-refractivity contribution is 0.273. The first-order chi connectivity index (χ1) is 10.0. The molecule has 0 aliphatic heterocycles. The van der Waals surface area contributed by atoms with Crippen molar-refractivity contribution in [3.63, 3.8) is 0 Å². The molecule has 1 aliphatic carbocycles. The Bertz CT molecular complexity index is 581. The molecule has 1 saturated carbocycles. The summed E-state index contributed by atoms with van der Waals surface area (Å²) in [7, 11) is -2.00. The van der Waals surface area contributed by atoms with Crippen molar-refractivity contribution in [2.45, 2.75) is 50.2 Å². The van der Waals surface area contributed by atoms with Crippen molar-refractivity contribution in [1.29, 1.82) is 0 Å². The van der Waals surface area contributed by atoms with Gasteiger partial charge in [0, 0.05) is 18.2 Å². The van der Waals surface area contributed by atoms with Crippen LogP contribution in [0.25, 0.3) is 0 Å². The Morgan fingerprint density at radius 2 is 2.10 bits per heavy atom. The summed E-state index contributed by atoms with van der Waals surface area (Å²) in [4.78, 5) is 0.232. The smallest absolute Gasteiger partial charge is 0.243 e. The quantitative estimate of drug-likeness (QED) is 0.798. The van der Waals surface area contributed by atoms with Gasteiger partial charge in [0.1, 0.15) is 5.75 Å². The molecule has 0 radical (unpaired) electrons. The van der Waals surface area contributed by atoms with Crippen molar-refractivity contribution in [2.75, 3.05) is 13.7 Å². The molecule has 0 atom stereocenters. The largest absolute Gasteiger partial charge is 0.496 e. The van der Waals surface area contributed by atoms with E-state index in [1.807, 2.05) is 0 Å². The van der Waals surface area contributed by atoms with E-state index in [0.717, 1.165) is 25.7 Å². The molecule has 1 aromatic carbocycles. The first-order valence-electron chi connectivity index (χ1n) is 7.34. The summed E-state index contributed by atoms with van der Waals surface area (Å²) >= 11 is 0. The summed E-state index contributed by atoms with van der Waals surface area (Å²) in [6.07, 6.45) is 3.69. The average Bonchev–Trinajstić information content (AvgIpc) is 3.31. The molecule has 118 valence electrons. The third-order valence-electron chi connectivity index (χ3n) is 3.71. The molecule has 6 heteroatoms. The van der Waals surface area contributed by atoms with Crippen molar-refractivity contribution in [2.24, 2.45) is 0 Å². The number of aliphatic hydroxyl groups excluding tert-OH is 1. The number of aliphatic hydroxyl groups is 1. The molecule has 1 N–H and O–H groups in total. The van der Waals surface area contributed by atoms with Crippen LogP contribution in [-0.4, -0.2) is 37.5 Å². The minimum atomic E-state index is -3.50. The van der Waals surface area contributed by atoms with Gasteiger partial charge in [-0.3, -0.25) is 0 Å². The molecule has 0 aromatic heterocycles. The van der Waals surface area contributed by atoms with E-state index in [1.165, 1.54) is 13.2 Å². The summed E-state index contributed by atoms with van der Waals surface area (Å²) in [5, 5.41) is 9.35. The van der Waals surface area contributed by atoms with Gasteiger partial charge in [-0.1, -0.05) is 13.3 Å². The van der Waals surface area contributed by atoms with Crippen molar-refractivity contribution >= 4 is 10.0 Å². The number of nitrogens with zero attached hydrogens (tertiary/aromatic N) is 1. The second-order valence-electron chi connectivity index (χ2n) is 5.33. The summed E-state index contributed by atoms with van der Waals surface area (Å²) < 4.78 is 32.3. The van der Waals surface area contributed by atoms with Gasteiger partial charge < -0.3 is 9.84 Å². The SMILES string of the molecule is CCCCN(C1CC1)S(=O)(=O)c1ccc(OC)c(CO)c1. The van der Waals surface area contributed by atoms with E-state index < -0.39 is 10.0 Å². The molecule has 21 heavy (non-hydrogen) atoms. The van der Waals surface area contributed by atoms with Gasteiger partial charge in [-0.05, 0) is 37.5 Å². The van der Waals surface area contributed by atoms with E-state index in [1.54, 1.807) is 16.4 Å². The maximum Gasteiger partial charge on any atom is 0.243 e. The maximum atomic E-state index is 12.8. The Balaban J connectivity index is 2.32. The number of sulfonamides is 1. The van der Waals surface area contributed by atoms with E-state index in [0.29, 0.717) is 17.9 Å². The zero-order valence-electron chi connectivity index (χ0n) is 12.6. The van der Waals surface area contributed by atoms with Crippen LogP contribution in [0, 0.1) is 0 Å². The third kappa shape index (κ3) is 3.56. The molecule has 0 spiro atoms. The summed E-state index contributed by atoms with van der Waals surface area (Å²) in [6, 6.07) is 4.80. The monoisotopic (exact) mass is 313 g/mol. The Labute approximate surface area is 126 Å². The molecule has 1 aliphatic rings. The van der Waals surface area contributed by atoms with Gasteiger partial charge in [0.15, 0.2) is 0 Å². The van der Waals surface area contributed by atoms with E-state index in [9.17, 15) is 13.5 Å². The zero-order chi connectivity index (χ0) is 15.5. The Hall–Kier alpha value is -1.11. The minimum Gasteiger partial charge on any atom is -0.496 e. The molecule has 1 fully saturated rings. The Morgan fingerprint density at radius 1 is 1.38 bits per heavy atom. The molecular weight excluding hydrogens is 290 g/mol. The van der Waals surface area contributed by atoms with Gasteiger partial charge in [0.25, 0.3) is 0 Å². The van der Waals surface area contributed by atoms with E-state index in [2.05, 4.69) is 6.92 Å². The van der Waals surface area contributed by atoms with Crippen LogP contribution in [0.4, 0.5) is 0 Å². The second-order valence-corrected chi connectivity index (χ2v) is 7.22. The zero-order valence-corrected chi connectivity index (χ0v) is 13.4. The Morgan fingerprint density at radius 3 is 2.62 bits per heavy atom. The molecule has 5 nitrogen and oxygen atoms in total. The summed E-state index contributed by atoms with van der Waals surface area (Å²) in [5.41, 5.74) is 0.491. The fourth-order valence-electron chi connectivity index (χ4n) is 2.35. The lowest BCUT2D eigenvalue weighted by Crippen LogP contribution is -2.34. The number of hydrogen-bond donors (Lipinski definition) is 1. The van der Waals surface area contributed by atoms with Crippen LogP contribution in [0.3, 0.4) is 0 Å². The number of methoxy groups -OCH3 is 1. The lowest BCUT2D eigenvalue weighted by atomic mass is 10.2. The van der Waals surface area contributed by atoms with Gasteiger partial charge in [-0.2, -0.15) is 4.31 Å². The summed E-state index contributed by atoms with van der Waals surface area (Å²) in [6.45, 7) is 2.36. The topological polar surface area (TPSA) is 66.8 Å². The van der Waals surface area contributed by atoms with Crippen LogP contribution >= 0.6 is 0 Å². The van der Waals surface area contributed by atoms with Crippen LogP contribution in [0.1, 0.15) is 38.2 Å². The van der Waals surface area contributed by atoms with Gasteiger partial charge in [0.05, 0.1) is 18.6 Å². The van der Waals surface area contributed by atoms with Crippen LogP contribution in [-0.2, 0) is 16.6 Å². The molecular formula is C15H23NO4S. The normalized spacial score (nSPS) is 15.4. The fourth-order valence-corrected chi connectivity index (χ4v) is 4.12. The highest BCUT2D eigenvalue weighted by molar-refractivity contribution is 7.89. The van der Waals surface area contributed by atoms with E-state index in [-0.39, 0.29) is 17.5 Å². The predicted octanol–water partition coefficient (Wildman–Crippen LogP) is 2.14. The first-order valence-corrected chi connectivity index (χ1v) is 8.78. The molecule has 1 aromatic rings. The van der Waals surface area contributed by atoms with E-state index in [4.69, 9.17) is 4.74 Å². The van der Waals surface area contributed by atoms with Crippen molar-refractivity contribution in [1.82, 2.24) is 4.31 Å². The maximum absolute atomic E-state index is 12.8. The highest BCUT2D eigenvalue weighted by Gasteiger charge is 2.37. The molecule has 0 bridgehead atoms. The van der Waals surface area contributed by atoms with Crippen LogP contribution < -0.4 is 4.74 Å². The molecule has 0 heterocycles. The summed E-state index contributed by atoms with van der Waals surface area (Å²) in [5.74, 6) is 0.503. The van der Waals surface area contributed by atoms with Crippen molar-refractivity contribution in [3.8, 4) is 5.75 Å². The number of rotatable bonds is 8. The number of ether oxygens (including phenoxy) is 1. The van der Waals surface area contributed by atoms with Crippen LogP contribution in [0.2, 0.25) is 0 Å². The van der Waals surface area contributed by atoms with Gasteiger partial charge in [-0.25, -0.2) is 8.42 Å². The highest BCUT2D eigenvalue weighted by Crippen LogP contribution is 2.33. The first kappa shape index (κ1) is 16.3. The fraction of sp³-hybridized carbons (Fsp3) is 0.600. The van der Waals surface area contributed by atoms with Crippen molar-refractivity contribution in [3.05, 3.63) is 23.8 Å². The third-order valence-corrected chi connectivity index (χ3v) is 5.66. The van der Waals surface area contributed by atoms with Crippen LogP contribution in [0.15, 0.2) is 23.1 Å². The standard InChI is InChI=1S/C15H23NO4S/c1-3-4-9-16(13-5-6-13)21(18,19)14-7-8-15(20-2)12(10-14)11-17/h7-8,10,13,17H,3-6,9,11H2,1-2H3. The van der Waals surface area contributed by atoms with E-state index >= 15 is 0 Å². The minimum absolute atomic E-state index is 0.140. The molecule has 2 rings (SSSR count). The Kier molecular flexibility index (Phi) is 5.24. The predicted molar refractivity (Wildman–Crippen MR) is 80.7 cm³/mol. The van der Waals surface area contributed by atoms with Gasteiger partial charge in [0.2, 0.25) is 10.0 Å². The molecule has 0 saturated heterocycles. The molecule has 0 unspecified atom stereocenters. The van der Waals surface area contributed by atoms with Gasteiger partial charge >= 0.3 is 0 Å². The number of unbranched alkanes of at least 4 members (excludes halogenated alkanes) is 1. The number of benzene rings is 1. The average molecular weight is 313 g/mol. The second kappa shape index (κ2) is 6.77. The number of hydrogen-bond acceptors (Lipinski definition) is 4. The van der Waals surface area contributed by atoms with Crippen LogP contribution in [0.5, 0.6) is 5.75 Å².